The summed E-state index contributed by atoms with van der Waals surface area (Å²) in [5, 5.41) is 10.3. The number of benzene rings is 1. The molecule has 5 heteroatoms. The molecule has 0 saturated carbocycles. The summed E-state index contributed by atoms with van der Waals surface area (Å²) < 4.78 is 0. The summed E-state index contributed by atoms with van der Waals surface area (Å²) in [4.78, 5) is 16.1. The number of carboxylic acids is 1. The molecule has 1 aromatic carbocycles. The zero-order valence-electron chi connectivity index (χ0n) is 12.0. The van der Waals surface area contributed by atoms with Crippen LogP contribution in [0.25, 0.3) is 0 Å². The van der Waals surface area contributed by atoms with Gasteiger partial charge in [0.05, 0.1) is 0 Å². The summed E-state index contributed by atoms with van der Waals surface area (Å²) in [5.41, 5.74) is -0.0234. The third kappa shape index (κ3) is 3.14. The Morgan fingerprint density at radius 2 is 1.90 bits per heavy atom. The van der Waals surface area contributed by atoms with Gasteiger partial charge in [-0.15, -0.1) is 0 Å². The molecule has 1 fully saturated rings. The number of piperazine rings is 1. The molecule has 1 atom stereocenters. The summed E-state index contributed by atoms with van der Waals surface area (Å²) in [6.45, 7) is 5.12. The van der Waals surface area contributed by atoms with E-state index in [0.29, 0.717) is 11.4 Å². The van der Waals surface area contributed by atoms with Crippen molar-refractivity contribution in [2.45, 2.75) is 18.9 Å². The summed E-state index contributed by atoms with van der Waals surface area (Å²) in [7, 11) is 2.06. The zero-order valence-corrected chi connectivity index (χ0v) is 12.7. The number of rotatable bonds is 4. The van der Waals surface area contributed by atoms with Gasteiger partial charge in [0, 0.05) is 37.6 Å². The minimum absolute atomic E-state index is 0.422. The summed E-state index contributed by atoms with van der Waals surface area (Å²) >= 11 is 6.18. The topological polar surface area (TPSA) is 43.8 Å². The number of aliphatic carboxylic acids is 1. The predicted molar refractivity (Wildman–Crippen MR) is 80.3 cm³/mol. The highest BCUT2D eigenvalue weighted by molar-refractivity contribution is 6.31. The van der Waals surface area contributed by atoms with E-state index in [9.17, 15) is 9.90 Å². The van der Waals surface area contributed by atoms with E-state index < -0.39 is 11.5 Å². The van der Waals surface area contributed by atoms with Crippen LogP contribution in [0.3, 0.4) is 0 Å². The lowest BCUT2D eigenvalue weighted by Gasteiger charge is -2.42. The van der Waals surface area contributed by atoms with Gasteiger partial charge in [0.1, 0.15) is 5.54 Å². The highest BCUT2D eigenvalue weighted by Crippen LogP contribution is 2.26. The second-order valence-electron chi connectivity index (χ2n) is 5.64. The second-order valence-corrected chi connectivity index (χ2v) is 6.04. The van der Waals surface area contributed by atoms with Crippen LogP contribution in [0.15, 0.2) is 24.3 Å². The highest BCUT2D eigenvalue weighted by atomic mass is 35.5. The van der Waals surface area contributed by atoms with Crippen molar-refractivity contribution in [3.63, 3.8) is 0 Å². The number of carbonyl (C=O) groups is 1. The summed E-state index contributed by atoms with van der Waals surface area (Å²) in [5.74, 6) is -0.790. The molecule has 0 radical (unpaired) electrons. The zero-order chi connectivity index (χ0) is 14.8. The van der Waals surface area contributed by atoms with Crippen molar-refractivity contribution in [2.24, 2.45) is 0 Å². The van der Waals surface area contributed by atoms with E-state index >= 15 is 0 Å². The first-order valence-electron chi connectivity index (χ1n) is 6.84. The molecular weight excluding hydrogens is 276 g/mol. The molecule has 4 nitrogen and oxygen atoms in total. The third-order valence-corrected chi connectivity index (χ3v) is 4.52. The molecule has 2 rings (SSSR count). The summed E-state index contributed by atoms with van der Waals surface area (Å²) in [6.07, 6.45) is 0.422. The monoisotopic (exact) mass is 296 g/mol. The van der Waals surface area contributed by atoms with E-state index in [2.05, 4.69) is 16.8 Å². The number of likely N-dealkylation sites (N-methyl/N-ethyl adjacent to an activating group) is 1. The number of halogens is 1. The Kier molecular flexibility index (Phi) is 4.68. The first kappa shape index (κ1) is 15.3. The van der Waals surface area contributed by atoms with Gasteiger partial charge in [-0.05, 0) is 25.6 Å². The molecule has 0 aliphatic carbocycles. The van der Waals surface area contributed by atoms with E-state index in [0.717, 1.165) is 31.7 Å². The first-order valence-corrected chi connectivity index (χ1v) is 7.21. The molecule has 1 aliphatic rings. The quantitative estimate of drug-likeness (QED) is 0.923. The van der Waals surface area contributed by atoms with Crippen molar-refractivity contribution < 1.29 is 9.90 Å². The molecule has 0 spiro atoms. The molecule has 1 saturated heterocycles. The smallest absolute Gasteiger partial charge is 0.324 e. The molecule has 1 aromatic rings. The molecule has 20 heavy (non-hydrogen) atoms. The lowest BCUT2D eigenvalue weighted by Crippen LogP contribution is -2.59. The molecule has 1 heterocycles. The van der Waals surface area contributed by atoms with Crippen LogP contribution in [0.2, 0.25) is 5.02 Å². The Hall–Kier alpha value is -1.10. The van der Waals surface area contributed by atoms with Crippen LogP contribution in [-0.4, -0.2) is 59.6 Å². The minimum Gasteiger partial charge on any atom is -0.480 e. The van der Waals surface area contributed by atoms with Crippen LogP contribution in [0.5, 0.6) is 0 Å². The van der Waals surface area contributed by atoms with Crippen LogP contribution >= 0.6 is 11.6 Å². The fraction of sp³-hybridized carbons (Fsp3) is 0.533. The fourth-order valence-electron chi connectivity index (χ4n) is 2.64. The van der Waals surface area contributed by atoms with Crippen molar-refractivity contribution in [3.8, 4) is 0 Å². The predicted octanol–water partition coefficient (Wildman–Crippen LogP) is 1.97. The van der Waals surface area contributed by atoms with Crippen molar-refractivity contribution in [3.05, 3.63) is 34.9 Å². The second kappa shape index (κ2) is 6.12. The van der Waals surface area contributed by atoms with Gasteiger partial charge in [0.2, 0.25) is 0 Å². The Bertz CT molecular complexity index is 487. The highest BCUT2D eigenvalue weighted by Gasteiger charge is 2.41. The maximum Gasteiger partial charge on any atom is 0.324 e. The summed E-state index contributed by atoms with van der Waals surface area (Å²) in [6, 6.07) is 7.47. The van der Waals surface area contributed by atoms with Gasteiger partial charge in [0.25, 0.3) is 0 Å². The molecule has 1 aliphatic heterocycles. The average molecular weight is 297 g/mol. The normalized spacial score (nSPS) is 20.6. The van der Waals surface area contributed by atoms with Crippen molar-refractivity contribution in [1.82, 2.24) is 9.80 Å². The molecule has 0 amide bonds. The number of hydrogen-bond donors (Lipinski definition) is 1. The number of carboxylic acid groups (broad SMARTS) is 1. The minimum atomic E-state index is -0.910. The average Bonchev–Trinajstić information content (AvgIpc) is 2.42. The van der Waals surface area contributed by atoms with Crippen molar-refractivity contribution >= 4 is 17.6 Å². The van der Waals surface area contributed by atoms with E-state index in [1.807, 2.05) is 24.3 Å². The fourth-order valence-corrected chi connectivity index (χ4v) is 2.84. The van der Waals surface area contributed by atoms with Crippen LogP contribution in [0.4, 0.5) is 0 Å². The van der Waals surface area contributed by atoms with Gasteiger partial charge in [-0.25, -0.2) is 0 Å². The molecular formula is C15H21ClN2O2. The maximum atomic E-state index is 11.8. The standard InChI is InChI=1S/C15H21ClN2O2/c1-15(14(19)20,18-9-7-17(2)8-10-18)11-12-5-3-4-6-13(12)16/h3-6H,7-11H2,1-2H3,(H,19,20). The Labute approximate surface area is 124 Å². The van der Waals surface area contributed by atoms with Gasteiger partial charge in [-0.1, -0.05) is 29.8 Å². The van der Waals surface area contributed by atoms with Gasteiger partial charge in [-0.3, -0.25) is 9.69 Å². The first-order chi connectivity index (χ1) is 9.43. The van der Waals surface area contributed by atoms with Crippen LogP contribution < -0.4 is 0 Å². The lowest BCUT2D eigenvalue weighted by atomic mass is 9.90. The largest absolute Gasteiger partial charge is 0.480 e. The van der Waals surface area contributed by atoms with Crippen molar-refractivity contribution in [2.75, 3.05) is 33.2 Å². The van der Waals surface area contributed by atoms with Crippen LogP contribution in [0.1, 0.15) is 12.5 Å². The molecule has 1 unspecified atom stereocenters. The van der Waals surface area contributed by atoms with E-state index in [4.69, 9.17) is 11.6 Å². The maximum absolute atomic E-state index is 11.8. The SMILES string of the molecule is CN1CCN(C(C)(Cc2ccccc2Cl)C(=O)O)CC1. The van der Waals surface area contributed by atoms with Gasteiger partial charge >= 0.3 is 5.97 Å². The number of nitrogens with zero attached hydrogens (tertiary/aromatic N) is 2. The van der Waals surface area contributed by atoms with Gasteiger partial charge in [-0.2, -0.15) is 0 Å². The molecule has 1 N–H and O–H groups in total. The Balaban J connectivity index is 2.22. The molecule has 0 bridgehead atoms. The van der Waals surface area contributed by atoms with E-state index in [-0.39, 0.29) is 0 Å². The Morgan fingerprint density at radius 3 is 2.45 bits per heavy atom. The van der Waals surface area contributed by atoms with Crippen LogP contribution in [0, 0.1) is 0 Å². The van der Waals surface area contributed by atoms with E-state index in [1.54, 1.807) is 6.92 Å². The van der Waals surface area contributed by atoms with Crippen molar-refractivity contribution in [1.29, 1.82) is 0 Å². The molecule has 0 aromatic heterocycles. The van der Waals surface area contributed by atoms with Crippen LogP contribution in [-0.2, 0) is 11.2 Å². The van der Waals surface area contributed by atoms with Gasteiger partial charge in [0.15, 0.2) is 0 Å². The lowest BCUT2D eigenvalue weighted by molar-refractivity contribution is -0.151. The van der Waals surface area contributed by atoms with E-state index in [1.165, 1.54) is 0 Å². The molecule has 110 valence electrons. The Morgan fingerprint density at radius 1 is 1.30 bits per heavy atom. The van der Waals surface area contributed by atoms with Gasteiger partial charge < -0.3 is 10.0 Å². The third-order valence-electron chi connectivity index (χ3n) is 4.15. The number of hydrogen-bond acceptors (Lipinski definition) is 3.